The van der Waals surface area contributed by atoms with Gasteiger partial charge in [0.05, 0.1) is 12.4 Å². The zero-order chi connectivity index (χ0) is 16.9. The third-order valence-electron chi connectivity index (χ3n) is 3.89. The van der Waals surface area contributed by atoms with Gasteiger partial charge in [-0.1, -0.05) is 48.5 Å². The van der Waals surface area contributed by atoms with Crippen LogP contribution < -0.4 is 10.1 Å². The zero-order valence-electron chi connectivity index (χ0n) is 13.5. The maximum atomic E-state index is 6.00. The van der Waals surface area contributed by atoms with Crippen LogP contribution >= 0.6 is 0 Å². The van der Waals surface area contributed by atoms with E-state index in [9.17, 15) is 0 Å². The quantitative estimate of drug-likeness (QED) is 0.587. The van der Waals surface area contributed by atoms with Gasteiger partial charge in [-0.2, -0.15) is 0 Å². The number of fused-ring (bicyclic) bond motifs is 1. The molecule has 0 amide bonds. The second-order valence-corrected chi connectivity index (χ2v) is 5.59. The Bertz CT molecular complexity index is 968. The van der Waals surface area contributed by atoms with Gasteiger partial charge in [0.1, 0.15) is 24.5 Å². The Morgan fingerprint density at radius 3 is 2.72 bits per heavy atom. The Balaban J connectivity index is 1.48. The monoisotopic (exact) mass is 331 g/mol. The van der Waals surface area contributed by atoms with Gasteiger partial charge in [0.2, 0.25) is 0 Å². The Hall–Kier alpha value is -3.41. The van der Waals surface area contributed by atoms with Crippen molar-refractivity contribution in [2.75, 3.05) is 5.32 Å². The number of aromatic nitrogens is 4. The van der Waals surface area contributed by atoms with Gasteiger partial charge in [-0.25, -0.2) is 0 Å². The molecule has 0 atom stereocenters. The summed E-state index contributed by atoms with van der Waals surface area (Å²) in [6.07, 6.45) is 5.09. The van der Waals surface area contributed by atoms with E-state index in [0.29, 0.717) is 18.8 Å². The Kier molecular flexibility index (Phi) is 4.24. The summed E-state index contributed by atoms with van der Waals surface area (Å²) >= 11 is 0. The molecule has 0 unspecified atom stereocenters. The predicted molar refractivity (Wildman–Crippen MR) is 95.3 cm³/mol. The average molecular weight is 331 g/mol. The molecule has 6 nitrogen and oxygen atoms in total. The maximum absolute atomic E-state index is 6.00. The van der Waals surface area contributed by atoms with E-state index >= 15 is 0 Å². The molecule has 2 aromatic carbocycles. The molecule has 4 rings (SSSR count). The van der Waals surface area contributed by atoms with Crippen LogP contribution in [0.4, 0.5) is 5.82 Å². The number of nitrogens with one attached hydrogen (secondary N) is 1. The van der Waals surface area contributed by atoms with Gasteiger partial charge in [0.15, 0.2) is 5.65 Å². The first kappa shape index (κ1) is 15.1. The Morgan fingerprint density at radius 1 is 0.960 bits per heavy atom. The molecule has 2 heterocycles. The predicted octanol–water partition coefficient (Wildman–Crippen LogP) is 3.32. The van der Waals surface area contributed by atoms with E-state index < -0.39 is 0 Å². The molecule has 0 aliphatic heterocycles. The molecule has 6 heteroatoms. The van der Waals surface area contributed by atoms with Crippen LogP contribution in [0.2, 0.25) is 0 Å². The van der Waals surface area contributed by atoms with Crippen molar-refractivity contribution in [1.82, 2.24) is 19.6 Å². The molecule has 0 fully saturated rings. The maximum Gasteiger partial charge on any atom is 0.180 e. The van der Waals surface area contributed by atoms with E-state index in [1.807, 2.05) is 46.9 Å². The topological polar surface area (TPSA) is 64.3 Å². The summed E-state index contributed by atoms with van der Waals surface area (Å²) in [6.45, 7) is 1.16. The fraction of sp³-hybridized carbons (Fsp3) is 0.105. The highest BCUT2D eigenvalue weighted by molar-refractivity contribution is 5.46. The minimum Gasteiger partial charge on any atom is -0.489 e. The van der Waals surface area contributed by atoms with Gasteiger partial charge in [-0.15, -0.1) is 10.2 Å². The molecule has 0 spiro atoms. The van der Waals surface area contributed by atoms with Crippen LogP contribution in [0.5, 0.6) is 5.75 Å². The average Bonchev–Trinajstić information content (AvgIpc) is 3.15. The van der Waals surface area contributed by atoms with Crippen LogP contribution in [0.1, 0.15) is 11.1 Å². The number of anilines is 1. The van der Waals surface area contributed by atoms with E-state index in [2.05, 4.69) is 32.6 Å². The lowest BCUT2D eigenvalue weighted by molar-refractivity contribution is 0.303. The second-order valence-electron chi connectivity index (χ2n) is 5.59. The molecule has 4 aromatic rings. The van der Waals surface area contributed by atoms with E-state index in [1.165, 1.54) is 0 Å². The standard InChI is InChI=1S/C19H17N5O/c1-2-6-15(7-3-1)13-25-17-9-5-4-8-16(17)10-21-18-11-20-12-19-23-22-14-24(18)19/h1-9,11-12,14,21H,10,13H2. The number of nitrogens with zero attached hydrogens (tertiary/aromatic N) is 4. The molecule has 1 N–H and O–H groups in total. The van der Waals surface area contributed by atoms with Crippen molar-refractivity contribution in [3.8, 4) is 5.75 Å². The number of para-hydroxylation sites is 1. The first-order valence-electron chi connectivity index (χ1n) is 8.02. The highest BCUT2D eigenvalue weighted by atomic mass is 16.5. The van der Waals surface area contributed by atoms with Gasteiger partial charge >= 0.3 is 0 Å². The van der Waals surface area contributed by atoms with Gasteiger partial charge in [0, 0.05) is 12.1 Å². The molecule has 25 heavy (non-hydrogen) atoms. The molecule has 0 saturated carbocycles. The zero-order valence-corrected chi connectivity index (χ0v) is 13.5. The first-order chi connectivity index (χ1) is 12.4. The minimum atomic E-state index is 0.542. The fourth-order valence-electron chi connectivity index (χ4n) is 2.60. The van der Waals surface area contributed by atoms with Gasteiger partial charge < -0.3 is 10.1 Å². The summed E-state index contributed by atoms with van der Waals surface area (Å²) in [4.78, 5) is 4.18. The summed E-state index contributed by atoms with van der Waals surface area (Å²) < 4.78 is 7.86. The number of hydrogen-bond acceptors (Lipinski definition) is 5. The van der Waals surface area contributed by atoms with E-state index in [-0.39, 0.29) is 0 Å². The van der Waals surface area contributed by atoms with E-state index in [0.717, 1.165) is 22.7 Å². The van der Waals surface area contributed by atoms with Crippen LogP contribution in [0, 0.1) is 0 Å². The number of benzene rings is 2. The second kappa shape index (κ2) is 7.00. The molecule has 124 valence electrons. The highest BCUT2D eigenvalue weighted by Crippen LogP contribution is 2.21. The highest BCUT2D eigenvalue weighted by Gasteiger charge is 2.06. The van der Waals surface area contributed by atoms with Crippen molar-refractivity contribution >= 4 is 11.5 Å². The summed E-state index contributed by atoms with van der Waals surface area (Å²) in [5, 5.41) is 11.3. The lowest BCUT2D eigenvalue weighted by Crippen LogP contribution is -2.06. The summed E-state index contributed by atoms with van der Waals surface area (Å²) in [5.74, 6) is 1.70. The molecular weight excluding hydrogens is 314 g/mol. The summed E-state index contributed by atoms with van der Waals surface area (Å²) in [6, 6.07) is 18.2. The van der Waals surface area contributed by atoms with Crippen molar-refractivity contribution < 1.29 is 4.74 Å². The van der Waals surface area contributed by atoms with Crippen molar-refractivity contribution in [1.29, 1.82) is 0 Å². The number of rotatable bonds is 6. The first-order valence-corrected chi connectivity index (χ1v) is 8.02. The van der Waals surface area contributed by atoms with Crippen molar-refractivity contribution in [2.45, 2.75) is 13.2 Å². The molecular formula is C19H17N5O. The minimum absolute atomic E-state index is 0.542. The van der Waals surface area contributed by atoms with E-state index in [1.54, 1.807) is 18.7 Å². The largest absolute Gasteiger partial charge is 0.489 e. The van der Waals surface area contributed by atoms with Crippen LogP contribution in [0.3, 0.4) is 0 Å². The number of hydrogen-bond donors (Lipinski definition) is 1. The summed E-state index contributed by atoms with van der Waals surface area (Å²) in [5.41, 5.74) is 2.92. The lowest BCUT2D eigenvalue weighted by Gasteiger charge is -2.13. The summed E-state index contributed by atoms with van der Waals surface area (Å²) in [7, 11) is 0. The number of ether oxygens (including phenoxy) is 1. The third-order valence-corrected chi connectivity index (χ3v) is 3.89. The van der Waals surface area contributed by atoms with Crippen LogP contribution in [0.25, 0.3) is 5.65 Å². The Morgan fingerprint density at radius 2 is 1.80 bits per heavy atom. The van der Waals surface area contributed by atoms with Crippen molar-refractivity contribution in [3.63, 3.8) is 0 Å². The molecule has 0 bridgehead atoms. The molecule has 0 aliphatic carbocycles. The van der Waals surface area contributed by atoms with Crippen LogP contribution in [-0.2, 0) is 13.2 Å². The molecule has 2 aromatic heterocycles. The third kappa shape index (κ3) is 3.42. The van der Waals surface area contributed by atoms with Gasteiger partial charge in [-0.05, 0) is 11.6 Å². The van der Waals surface area contributed by atoms with Gasteiger partial charge in [0.25, 0.3) is 0 Å². The normalized spacial score (nSPS) is 10.7. The van der Waals surface area contributed by atoms with Gasteiger partial charge in [-0.3, -0.25) is 9.38 Å². The Labute approximate surface area is 145 Å². The van der Waals surface area contributed by atoms with Crippen LogP contribution in [-0.4, -0.2) is 19.6 Å². The lowest BCUT2D eigenvalue weighted by atomic mass is 10.2. The van der Waals surface area contributed by atoms with E-state index in [4.69, 9.17) is 4.74 Å². The fourth-order valence-corrected chi connectivity index (χ4v) is 2.60. The van der Waals surface area contributed by atoms with Crippen LogP contribution in [0.15, 0.2) is 73.3 Å². The smallest absolute Gasteiger partial charge is 0.180 e. The molecule has 0 radical (unpaired) electrons. The van der Waals surface area contributed by atoms with Crippen molar-refractivity contribution in [3.05, 3.63) is 84.4 Å². The van der Waals surface area contributed by atoms with Crippen molar-refractivity contribution in [2.24, 2.45) is 0 Å². The molecule has 0 saturated heterocycles. The SMILES string of the molecule is c1ccc(COc2ccccc2CNc2cncc3nncn23)cc1. The molecule has 0 aliphatic rings.